The van der Waals surface area contributed by atoms with Gasteiger partial charge in [0.1, 0.15) is 5.75 Å². The maximum atomic E-state index is 5.22. The van der Waals surface area contributed by atoms with E-state index in [9.17, 15) is 0 Å². The van der Waals surface area contributed by atoms with Crippen molar-refractivity contribution < 1.29 is 4.74 Å². The summed E-state index contributed by atoms with van der Waals surface area (Å²) in [6.45, 7) is 3.28. The van der Waals surface area contributed by atoms with Gasteiger partial charge in [-0.25, -0.2) is 0 Å². The third-order valence-corrected chi connectivity index (χ3v) is 4.13. The van der Waals surface area contributed by atoms with Crippen LogP contribution >= 0.6 is 15.9 Å². The van der Waals surface area contributed by atoms with Gasteiger partial charge in [0.25, 0.3) is 0 Å². The van der Waals surface area contributed by atoms with Crippen molar-refractivity contribution in [2.24, 2.45) is 5.92 Å². The van der Waals surface area contributed by atoms with Gasteiger partial charge in [0, 0.05) is 12.6 Å². The lowest BCUT2D eigenvalue weighted by atomic mass is 10.1. The Morgan fingerprint density at radius 3 is 2.82 bits per heavy atom. The molecule has 2 nitrogen and oxygen atoms in total. The number of methoxy groups -OCH3 is 1. The first-order valence-corrected chi connectivity index (χ1v) is 7.04. The van der Waals surface area contributed by atoms with E-state index in [4.69, 9.17) is 4.74 Å². The van der Waals surface area contributed by atoms with Crippen LogP contribution in [0.3, 0.4) is 0 Å². The van der Waals surface area contributed by atoms with Gasteiger partial charge in [-0.3, -0.25) is 0 Å². The van der Waals surface area contributed by atoms with Crippen LogP contribution in [-0.2, 0) is 6.54 Å². The van der Waals surface area contributed by atoms with Crippen LogP contribution in [0, 0.1) is 5.92 Å². The second-order valence-electron chi connectivity index (χ2n) is 4.96. The Bertz CT molecular complexity index is 380. The Morgan fingerprint density at radius 1 is 1.41 bits per heavy atom. The van der Waals surface area contributed by atoms with Gasteiger partial charge in [0.15, 0.2) is 0 Å². The van der Waals surface area contributed by atoms with E-state index in [-0.39, 0.29) is 0 Å². The molecule has 2 atom stereocenters. The van der Waals surface area contributed by atoms with E-state index < -0.39 is 0 Å². The van der Waals surface area contributed by atoms with Crippen molar-refractivity contribution in [3.05, 3.63) is 28.2 Å². The van der Waals surface area contributed by atoms with Crippen LogP contribution in [0.25, 0.3) is 0 Å². The van der Waals surface area contributed by atoms with Crippen molar-refractivity contribution >= 4 is 15.9 Å². The molecule has 2 unspecified atom stereocenters. The van der Waals surface area contributed by atoms with Gasteiger partial charge < -0.3 is 10.1 Å². The van der Waals surface area contributed by atoms with Gasteiger partial charge in [0.2, 0.25) is 0 Å². The molecule has 0 heterocycles. The molecule has 0 aromatic heterocycles. The predicted molar refractivity (Wildman–Crippen MR) is 74.3 cm³/mol. The lowest BCUT2D eigenvalue weighted by Gasteiger charge is -2.13. The first-order chi connectivity index (χ1) is 8.19. The number of hydrogen-bond acceptors (Lipinski definition) is 2. The molecule has 1 N–H and O–H groups in total. The fraction of sp³-hybridized carbons (Fsp3) is 0.571. The zero-order chi connectivity index (χ0) is 12.3. The number of hydrogen-bond donors (Lipinski definition) is 1. The summed E-state index contributed by atoms with van der Waals surface area (Å²) in [5.41, 5.74) is 1.30. The fourth-order valence-corrected chi connectivity index (χ4v) is 3.06. The number of halogens is 1. The highest BCUT2D eigenvalue weighted by Gasteiger charge is 2.20. The van der Waals surface area contributed by atoms with Crippen LogP contribution in [0.5, 0.6) is 5.75 Å². The molecule has 1 aliphatic carbocycles. The van der Waals surface area contributed by atoms with Crippen molar-refractivity contribution in [1.29, 1.82) is 0 Å². The van der Waals surface area contributed by atoms with Crippen LogP contribution in [0.1, 0.15) is 31.7 Å². The van der Waals surface area contributed by atoms with Gasteiger partial charge in [-0.15, -0.1) is 0 Å². The Labute approximate surface area is 112 Å². The van der Waals surface area contributed by atoms with Crippen LogP contribution in [0.15, 0.2) is 22.7 Å². The molecule has 0 saturated heterocycles. The minimum Gasteiger partial charge on any atom is -0.496 e. The predicted octanol–water partition coefficient (Wildman–Crippen LogP) is 3.74. The van der Waals surface area contributed by atoms with E-state index in [1.807, 2.05) is 6.07 Å². The molecule has 1 fully saturated rings. The average Bonchev–Trinajstić information content (AvgIpc) is 2.73. The topological polar surface area (TPSA) is 21.3 Å². The smallest absolute Gasteiger partial charge is 0.133 e. The van der Waals surface area contributed by atoms with E-state index in [1.165, 1.54) is 24.8 Å². The van der Waals surface area contributed by atoms with Crippen LogP contribution in [0.2, 0.25) is 0 Å². The molecule has 1 aromatic carbocycles. The third-order valence-electron chi connectivity index (χ3n) is 3.51. The molecular formula is C14H20BrNO. The second kappa shape index (κ2) is 5.87. The highest BCUT2D eigenvalue weighted by molar-refractivity contribution is 9.10. The Hall–Kier alpha value is -0.540. The summed E-state index contributed by atoms with van der Waals surface area (Å²) in [6, 6.07) is 6.96. The third kappa shape index (κ3) is 3.46. The van der Waals surface area contributed by atoms with E-state index in [2.05, 4.69) is 40.3 Å². The molecule has 1 aromatic rings. The Morgan fingerprint density at radius 2 is 2.24 bits per heavy atom. The summed E-state index contributed by atoms with van der Waals surface area (Å²) in [5.74, 6) is 1.78. The number of nitrogens with one attached hydrogen (secondary N) is 1. The Kier molecular flexibility index (Phi) is 4.46. The van der Waals surface area contributed by atoms with Crippen LogP contribution in [0.4, 0.5) is 0 Å². The normalized spacial score (nSPS) is 23.9. The number of ether oxygens (including phenoxy) is 1. The summed E-state index contributed by atoms with van der Waals surface area (Å²) in [6.07, 6.45) is 4.00. The minimum atomic E-state index is 0.700. The maximum absolute atomic E-state index is 5.22. The largest absolute Gasteiger partial charge is 0.496 e. The van der Waals surface area contributed by atoms with Crippen molar-refractivity contribution in [3.63, 3.8) is 0 Å². The molecule has 0 radical (unpaired) electrons. The molecule has 0 amide bonds. The minimum absolute atomic E-state index is 0.700. The average molecular weight is 298 g/mol. The zero-order valence-electron chi connectivity index (χ0n) is 10.5. The van der Waals surface area contributed by atoms with Crippen LogP contribution in [-0.4, -0.2) is 13.2 Å². The van der Waals surface area contributed by atoms with Gasteiger partial charge in [-0.05, 0) is 58.8 Å². The van der Waals surface area contributed by atoms with E-state index >= 15 is 0 Å². The Balaban J connectivity index is 1.88. The molecule has 0 spiro atoms. The first-order valence-electron chi connectivity index (χ1n) is 6.25. The SMILES string of the molecule is COc1ccc(CNC2CCC(C)C2)cc1Br. The van der Waals surface area contributed by atoms with Gasteiger partial charge in [-0.1, -0.05) is 13.0 Å². The molecule has 3 heteroatoms. The fourth-order valence-electron chi connectivity index (χ4n) is 2.47. The molecular weight excluding hydrogens is 278 g/mol. The number of benzene rings is 1. The molecule has 0 aliphatic heterocycles. The molecule has 1 saturated carbocycles. The molecule has 0 bridgehead atoms. The first kappa shape index (κ1) is 12.9. The summed E-state index contributed by atoms with van der Waals surface area (Å²) in [4.78, 5) is 0. The van der Waals surface area contributed by atoms with Gasteiger partial charge >= 0.3 is 0 Å². The molecule has 2 rings (SSSR count). The van der Waals surface area contributed by atoms with Crippen molar-refractivity contribution in [3.8, 4) is 5.75 Å². The summed E-state index contributed by atoms with van der Waals surface area (Å²) < 4.78 is 6.25. The highest BCUT2D eigenvalue weighted by atomic mass is 79.9. The molecule has 1 aliphatic rings. The maximum Gasteiger partial charge on any atom is 0.133 e. The van der Waals surface area contributed by atoms with Crippen LogP contribution < -0.4 is 10.1 Å². The monoisotopic (exact) mass is 297 g/mol. The second-order valence-corrected chi connectivity index (χ2v) is 5.82. The van der Waals surface area contributed by atoms with E-state index in [0.717, 1.165) is 22.7 Å². The number of rotatable bonds is 4. The molecule has 17 heavy (non-hydrogen) atoms. The molecule has 94 valence electrons. The highest BCUT2D eigenvalue weighted by Crippen LogP contribution is 2.27. The zero-order valence-corrected chi connectivity index (χ0v) is 12.1. The standard InChI is InChI=1S/C14H20BrNO/c1-10-3-5-12(7-10)16-9-11-4-6-14(17-2)13(15)8-11/h4,6,8,10,12,16H,3,5,7,9H2,1-2H3. The quantitative estimate of drug-likeness (QED) is 0.914. The lowest BCUT2D eigenvalue weighted by Crippen LogP contribution is -2.25. The van der Waals surface area contributed by atoms with Crippen molar-refractivity contribution in [2.75, 3.05) is 7.11 Å². The van der Waals surface area contributed by atoms with Crippen molar-refractivity contribution in [2.45, 2.75) is 38.8 Å². The summed E-state index contributed by atoms with van der Waals surface area (Å²) >= 11 is 3.52. The van der Waals surface area contributed by atoms with Gasteiger partial charge in [0.05, 0.1) is 11.6 Å². The van der Waals surface area contributed by atoms with E-state index in [0.29, 0.717) is 6.04 Å². The summed E-state index contributed by atoms with van der Waals surface area (Å²) in [5, 5.41) is 3.63. The van der Waals surface area contributed by atoms with Crippen molar-refractivity contribution in [1.82, 2.24) is 5.32 Å². The van der Waals surface area contributed by atoms with E-state index in [1.54, 1.807) is 7.11 Å². The summed E-state index contributed by atoms with van der Waals surface area (Å²) in [7, 11) is 1.69. The van der Waals surface area contributed by atoms with Gasteiger partial charge in [-0.2, -0.15) is 0 Å². The lowest BCUT2D eigenvalue weighted by molar-refractivity contribution is 0.411.